The van der Waals surface area contributed by atoms with Gasteiger partial charge in [-0.3, -0.25) is 9.59 Å². The van der Waals surface area contributed by atoms with Crippen molar-refractivity contribution in [2.45, 2.75) is 19.9 Å². The highest BCUT2D eigenvalue weighted by atomic mass is 16.5. The van der Waals surface area contributed by atoms with Crippen LogP contribution in [0.1, 0.15) is 23.7 Å². The number of methoxy groups -OCH3 is 1. The molecule has 2 aromatic carbocycles. The van der Waals surface area contributed by atoms with Crippen LogP contribution in [0.3, 0.4) is 0 Å². The van der Waals surface area contributed by atoms with Crippen molar-refractivity contribution in [1.29, 1.82) is 0 Å². The minimum atomic E-state index is -0.173. The van der Waals surface area contributed by atoms with Gasteiger partial charge in [-0.05, 0) is 30.7 Å². The van der Waals surface area contributed by atoms with E-state index in [1.165, 1.54) is 0 Å². The Morgan fingerprint density at radius 1 is 1.15 bits per heavy atom. The van der Waals surface area contributed by atoms with Gasteiger partial charge in [-0.25, -0.2) is 4.98 Å². The largest absolute Gasteiger partial charge is 0.383 e. The molecule has 140 valence electrons. The van der Waals surface area contributed by atoms with E-state index >= 15 is 0 Å². The summed E-state index contributed by atoms with van der Waals surface area (Å²) in [4.78, 5) is 29.6. The summed E-state index contributed by atoms with van der Waals surface area (Å²) in [7, 11) is 1.59. The second-order valence-corrected chi connectivity index (χ2v) is 6.23. The summed E-state index contributed by atoms with van der Waals surface area (Å²) in [6.07, 6.45) is 0.855. The fraction of sp³-hybridized carbons (Fsp3) is 0.286. The van der Waals surface area contributed by atoms with E-state index in [0.717, 1.165) is 17.5 Å². The number of para-hydroxylation sites is 2. The Morgan fingerprint density at radius 3 is 2.59 bits per heavy atom. The number of aromatic nitrogens is 2. The molecule has 0 bridgehead atoms. The van der Waals surface area contributed by atoms with Crippen molar-refractivity contribution in [3.8, 4) is 11.3 Å². The molecule has 0 saturated heterocycles. The fourth-order valence-corrected chi connectivity index (χ4v) is 2.97. The lowest BCUT2D eigenvalue weighted by molar-refractivity contribution is 0.0937. The number of amides is 1. The lowest BCUT2D eigenvalue weighted by atomic mass is 10.1. The summed E-state index contributed by atoms with van der Waals surface area (Å²) in [5.41, 5.74) is 3.12. The van der Waals surface area contributed by atoms with Gasteiger partial charge in [0.05, 0.1) is 17.6 Å². The smallest absolute Gasteiger partial charge is 0.277 e. The van der Waals surface area contributed by atoms with E-state index in [-0.39, 0.29) is 11.5 Å². The van der Waals surface area contributed by atoms with Gasteiger partial charge in [0.1, 0.15) is 5.69 Å². The number of fused-ring (bicyclic) bond motifs is 1. The predicted octanol–water partition coefficient (Wildman–Crippen LogP) is 2.85. The maximum atomic E-state index is 13.0. The zero-order valence-corrected chi connectivity index (χ0v) is 15.6. The van der Waals surface area contributed by atoms with Crippen LogP contribution in [0, 0.1) is 0 Å². The molecular formula is C21H23N3O3. The molecule has 3 aromatic rings. The highest BCUT2D eigenvalue weighted by Gasteiger charge is 2.13. The van der Waals surface area contributed by atoms with E-state index < -0.39 is 0 Å². The molecule has 0 atom stereocenters. The average molecular weight is 365 g/mol. The standard InChI is InChI=1S/C21H23N3O3/c1-3-13-24-18-7-5-4-6-17(18)23-19(21(24)26)15-8-10-16(11-9-15)20(25)22-12-14-27-2/h4-11H,3,12-14H2,1-2H3,(H,22,25). The van der Waals surface area contributed by atoms with Crippen LogP contribution in [-0.2, 0) is 11.3 Å². The van der Waals surface area contributed by atoms with Crippen LogP contribution in [0.4, 0.5) is 0 Å². The van der Waals surface area contributed by atoms with Crippen molar-refractivity contribution in [3.63, 3.8) is 0 Å². The first kappa shape index (κ1) is 18.8. The molecule has 27 heavy (non-hydrogen) atoms. The Balaban J connectivity index is 1.96. The summed E-state index contributed by atoms with van der Waals surface area (Å²) in [6.45, 7) is 3.58. The van der Waals surface area contributed by atoms with Crippen LogP contribution in [0.25, 0.3) is 22.3 Å². The van der Waals surface area contributed by atoms with E-state index in [9.17, 15) is 9.59 Å². The van der Waals surface area contributed by atoms with Gasteiger partial charge >= 0.3 is 0 Å². The first-order valence-corrected chi connectivity index (χ1v) is 9.03. The van der Waals surface area contributed by atoms with E-state index in [4.69, 9.17) is 4.74 Å². The molecule has 0 aliphatic heterocycles. The van der Waals surface area contributed by atoms with E-state index in [0.29, 0.717) is 36.5 Å². The lowest BCUT2D eigenvalue weighted by Crippen LogP contribution is -2.27. The third kappa shape index (κ3) is 4.06. The lowest BCUT2D eigenvalue weighted by Gasteiger charge is -2.12. The molecule has 0 spiro atoms. The number of nitrogens with zero attached hydrogens (tertiary/aromatic N) is 2. The van der Waals surface area contributed by atoms with Gasteiger partial charge in [0.2, 0.25) is 0 Å². The van der Waals surface area contributed by atoms with Crippen LogP contribution < -0.4 is 10.9 Å². The summed E-state index contributed by atoms with van der Waals surface area (Å²) >= 11 is 0. The second-order valence-electron chi connectivity index (χ2n) is 6.23. The van der Waals surface area contributed by atoms with Gasteiger partial charge in [-0.1, -0.05) is 31.2 Å². The van der Waals surface area contributed by atoms with E-state index in [1.54, 1.807) is 35.9 Å². The van der Waals surface area contributed by atoms with E-state index in [2.05, 4.69) is 10.3 Å². The molecule has 0 fully saturated rings. The van der Waals surface area contributed by atoms with Crippen LogP contribution >= 0.6 is 0 Å². The minimum absolute atomic E-state index is 0.118. The Hall–Kier alpha value is -2.99. The van der Waals surface area contributed by atoms with E-state index in [1.807, 2.05) is 31.2 Å². The molecule has 6 heteroatoms. The molecule has 0 saturated carbocycles. The SMILES string of the molecule is CCCn1c(=O)c(-c2ccc(C(=O)NCCOC)cc2)nc2ccccc21. The first-order chi connectivity index (χ1) is 13.2. The molecule has 1 N–H and O–H groups in total. The van der Waals surface area contributed by atoms with Crippen molar-refractivity contribution in [1.82, 2.24) is 14.9 Å². The number of carbonyl (C=O) groups is 1. The Labute approximate surface area is 157 Å². The minimum Gasteiger partial charge on any atom is -0.383 e. The third-order valence-electron chi connectivity index (χ3n) is 4.31. The van der Waals surface area contributed by atoms with Crippen molar-refractivity contribution in [2.75, 3.05) is 20.3 Å². The Kier molecular flexibility index (Phi) is 5.98. The molecule has 1 heterocycles. The Morgan fingerprint density at radius 2 is 1.89 bits per heavy atom. The molecule has 1 amide bonds. The van der Waals surface area contributed by atoms with Gasteiger partial charge in [0.25, 0.3) is 11.5 Å². The summed E-state index contributed by atoms with van der Waals surface area (Å²) in [6, 6.07) is 14.6. The number of nitrogens with one attached hydrogen (secondary N) is 1. The van der Waals surface area contributed by atoms with Crippen molar-refractivity contribution < 1.29 is 9.53 Å². The monoisotopic (exact) mass is 365 g/mol. The Bertz CT molecular complexity index is 994. The van der Waals surface area contributed by atoms with Crippen LogP contribution in [0.2, 0.25) is 0 Å². The number of ether oxygens (including phenoxy) is 1. The molecule has 0 aliphatic carbocycles. The number of hydrogen-bond acceptors (Lipinski definition) is 4. The molecule has 0 radical (unpaired) electrons. The number of aryl methyl sites for hydroxylation is 1. The van der Waals surface area contributed by atoms with Gasteiger partial charge in [0, 0.05) is 31.3 Å². The van der Waals surface area contributed by atoms with Crippen LogP contribution in [0.15, 0.2) is 53.3 Å². The normalized spacial score (nSPS) is 10.9. The van der Waals surface area contributed by atoms with Crippen LogP contribution in [0.5, 0.6) is 0 Å². The number of rotatable bonds is 7. The fourth-order valence-electron chi connectivity index (χ4n) is 2.97. The van der Waals surface area contributed by atoms with Crippen molar-refractivity contribution >= 4 is 16.9 Å². The predicted molar refractivity (Wildman–Crippen MR) is 106 cm³/mol. The van der Waals surface area contributed by atoms with Crippen molar-refractivity contribution in [3.05, 3.63) is 64.4 Å². The quantitative estimate of drug-likeness (QED) is 0.654. The topological polar surface area (TPSA) is 73.2 Å². The molecule has 0 unspecified atom stereocenters. The molecule has 1 aromatic heterocycles. The number of hydrogen-bond donors (Lipinski definition) is 1. The summed E-state index contributed by atoms with van der Waals surface area (Å²) in [5, 5.41) is 2.78. The van der Waals surface area contributed by atoms with Crippen molar-refractivity contribution in [2.24, 2.45) is 0 Å². The third-order valence-corrected chi connectivity index (χ3v) is 4.31. The maximum absolute atomic E-state index is 13.0. The van der Waals surface area contributed by atoms with Gasteiger partial charge in [-0.15, -0.1) is 0 Å². The number of benzene rings is 2. The zero-order valence-electron chi connectivity index (χ0n) is 15.6. The van der Waals surface area contributed by atoms with Gasteiger partial charge in [0.15, 0.2) is 0 Å². The number of carbonyl (C=O) groups excluding carboxylic acids is 1. The molecule has 3 rings (SSSR count). The van der Waals surface area contributed by atoms with Gasteiger partial charge in [-0.2, -0.15) is 0 Å². The molecular weight excluding hydrogens is 342 g/mol. The maximum Gasteiger partial charge on any atom is 0.277 e. The summed E-state index contributed by atoms with van der Waals surface area (Å²) in [5.74, 6) is -0.173. The first-order valence-electron chi connectivity index (χ1n) is 9.03. The molecule has 6 nitrogen and oxygen atoms in total. The highest BCUT2D eigenvalue weighted by molar-refractivity contribution is 5.94. The van der Waals surface area contributed by atoms with Crippen LogP contribution in [-0.4, -0.2) is 35.7 Å². The average Bonchev–Trinajstić information content (AvgIpc) is 2.70. The zero-order chi connectivity index (χ0) is 19.2. The molecule has 0 aliphatic rings. The highest BCUT2D eigenvalue weighted by Crippen LogP contribution is 2.18. The summed E-state index contributed by atoms with van der Waals surface area (Å²) < 4.78 is 6.69. The van der Waals surface area contributed by atoms with Gasteiger partial charge < -0.3 is 14.6 Å². The second kappa shape index (κ2) is 8.60.